The molecule has 96 valence electrons. The van der Waals surface area contributed by atoms with Crippen LogP contribution in [-0.4, -0.2) is 26.9 Å². The van der Waals surface area contributed by atoms with Crippen molar-refractivity contribution in [1.29, 1.82) is 0 Å². The van der Waals surface area contributed by atoms with Gasteiger partial charge in [-0.05, 0) is 31.5 Å². The van der Waals surface area contributed by atoms with Gasteiger partial charge in [0.05, 0.1) is 26.4 Å². The van der Waals surface area contributed by atoms with Crippen LogP contribution >= 0.6 is 0 Å². The second-order valence-electron chi connectivity index (χ2n) is 4.02. The van der Waals surface area contributed by atoms with E-state index in [1.54, 1.807) is 14.2 Å². The minimum Gasteiger partial charge on any atom is -0.493 e. The summed E-state index contributed by atoms with van der Waals surface area (Å²) in [6.07, 6.45) is 0.0199. The highest BCUT2D eigenvalue weighted by atomic mass is 16.5. The summed E-state index contributed by atoms with van der Waals surface area (Å²) in [4.78, 5) is 0. The highest BCUT2D eigenvalue weighted by molar-refractivity contribution is 5.43. The van der Waals surface area contributed by atoms with Gasteiger partial charge in [0, 0.05) is 6.54 Å². The third kappa shape index (κ3) is 3.61. The van der Waals surface area contributed by atoms with Crippen molar-refractivity contribution in [3.8, 4) is 11.5 Å². The van der Waals surface area contributed by atoms with Gasteiger partial charge in [-0.3, -0.25) is 0 Å². The maximum atomic E-state index is 5.74. The quantitative estimate of drug-likeness (QED) is 0.826. The molecule has 0 aromatic heterocycles. The number of rotatable bonds is 6. The SMILES string of the molecule is COc1ccc([C@@H](CN)OC(C)C)cc1OC. The number of methoxy groups -OCH3 is 2. The van der Waals surface area contributed by atoms with Gasteiger partial charge in [0.25, 0.3) is 0 Å². The minimum atomic E-state index is -0.116. The zero-order valence-corrected chi connectivity index (χ0v) is 10.9. The smallest absolute Gasteiger partial charge is 0.161 e. The maximum absolute atomic E-state index is 5.74. The van der Waals surface area contributed by atoms with Crippen molar-refractivity contribution in [2.24, 2.45) is 5.73 Å². The summed E-state index contributed by atoms with van der Waals surface area (Å²) in [5.41, 5.74) is 6.72. The number of ether oxygens (including phenoxy) is 3. The van der Waals surface area contributed by atoms with Gasteiger partial charge >= 0.3 is 0 Å². The Morgan fingerprint density at radius 3 is 2.24 bits per heavy atom. The largest absolute Gasteiger partial charge is 0.493 e. The molecule has 1 atom stereocenters. The van der Waals surface area contributed by atoms with E-state index in [2.05, 4.69) is 0 Å². The number of benzene rings is 1. The molecule has 4 heteroatoms. The molecule has 0 fully saturated rings. The van der Waals surface area contributed by atoms with E-state index in [1.807, 2.05) is 32.0 Å². The Morgan fingerprint density at radius 1 is 1.12 bits per heavy atom. The summed E-state index contributed by atoms with van der Waals surface area (Å²) in [7, 11) is 3.23. The Kier molecular flexibility index (Phi) is 5.25. The molecule has 0 aliphatic carbocycles. The fourth-order valence-corrected chi connectivity index (χ4v) is 1.65. The van der Waals surface area contributed by atoms with E-state index in [4.69, 9.17) is 19.9 Å². The highest BCUT2D eigenvalue weighted by Crippen LogP contribution is 2.31. The summed E-state index contributed by atoms with van der Waals surface area (Å²) in [6, 6.07) is 5.71. The lowest BCUT2D eigenvalue weighted by Gasteiger charge is -2.20. The number of hydrogen-bond acceptors (Lipinski definition) is 4. The van der Waals surface area contributed by atoms with Gasteiger partial charge < -0.3 is 19.9 Å². The van der Waals surface area contributed by atoms with Crippen molar-refractivity contribution >= 4 is 0 Å². The van der Waals surface area contributed by atoms with Crippen LogP contribution in [0.1, 0.15) is 25.5 Å². The molecule has 2 N–H and O–H groups in total. The lowest BCUT2D eigenvalue weighted by Crippen LogP contribution is -2.19. The van der Waals surface area contributed by atoms with Crippen molar-refractivity contribution in [1.82, 2.24) is 0 Å². The molecule has 1 aromatic carbocycles. The molecule has 0 saturated carbocycles. The van der Waals surface area contributed by atoms with E-state index in [9.17, 15) is 0 Å². The predicted octanol–water partition coefficient (Wildman–Crippen LogP) is 2.13. The van der Waals surface area contributed by atoms with E-state index in [-0.39, 0.29) is 12.2 Å². The Morgan fingerprint density at radius 2 is 1.76 bits per heavy atom. The second-order valence-corrected chi connectivity index (χ2v) is 4.02. The first-order valence-corrected chi connectivity index (χ1v) is 5.69. The molecule has 0 aliphatic heterocycles. The first kappa shape index (κ1) is 13.8. The van der Waals surface area contributed by atoms with Crippen LogP contribution in [0.4, 0.5) is 0 Å². The van der Waals surface area contributed by atoms with Gasteiger partial charge in [-0.2, -0.15) is 0 Å². The van der Waals surface area contributed by atoms with Gasteiger partial charge in [-0.25, -0.2) is 0 Å². The summed E-state index contributed by atoms with van der Waals surface area (Å²) in [5, 5.41) is 0. The zero-order valence-electron chi connectivity index (χ0n) is 10.9. The third-order valence-corrected chi connectivity index (χ3v) is 2.43. The standard InChI is InChI=1S/C13H21NO3/c1-9(2)17-13(8-14)10-5-6-11(15-3)12(7-10)16-4/h5-7,9,13H,8,14H2,1-4H3/t13-/m1/s1. The summed E-state index contributed by atoms with van der Waals surface area (Å²) in [5.74, 6) is 1.40. The average Bonchev–Trinajstić information content (AvgIpc) is 2.34. The molecule has 0 radical (unpaired) electrons. The molecular weight excluding hydrogens is 218 g/mol. The van der Waals surface area contributed by atoms with Crippen molar-refractivity contribution in [3.05, 3.63) is 23.8 Å². The number of nitrogens with two attached hydrogens (primary N) is 1. The van der Waals surface area contributed by atoms with E-state index >= 15 is 0 Å². The molecule has 17 heavy (non-hydrogen) atoms. The van der Waals surface area contributed by atoms with E-state index in [0.717, 1.165) is 5.56 Å². The van der Waals surface area contributed by atoms with E-state index < -0.39 is 0 Å². The van der Waals surface area contributed by atoms with Crippen molar-refractivity contribution < 1.29 is 14.2 Å². The summed E-state index contributed by atoms with van der Waals surface area (Å²) < 4.78 is 16.2. The minimum absolute atomic E-state index is 0.116. The lowest BCUT2D eigenvalue weighted by molar-refractivity contribution is 0.0118. The second kappa shape index (κ2) is 6.47. The van der Waals surface area contributed by atoms with Crippen molar-refractivity contribution in [2.75, 3.05) is 20.8 Å². The Bertz CT molecular complexity index is 353. The predicted molar refractivity (Wildman–Crippen MR) is 67.6 cm³/mol. The van der Waals surface area contributed by atoms with Crippen LogP contribution in [0.5, 0.6) is 11.5 Å². The maximum Gasteiger partial charge on any atom is 0.161 e. The van der Waals surface area contributed by atoms with Gasteiger partial charge in [-0.1, -0.05) is 6.07 Å². The topological polar surface area (TPSA) is 53.7 Å². The van der Waals surface area contributed by atoms with Crippen LogP contribution in [0.15, 0.2) is 18.2 Å². The van der Waals surface area contributed by atoms with Crippen molar-refractivity contribution in [3.63, 3.8) is 0 Å². The lowest BCUT2D eigenvalue weighted by atomic mass is 10.1. The molecule has 1 rings (SSSR count). The van der Waals surface area contributed by atoms with Crippen LogP contribution in [0.3, 0.4) is 0 Å². The van der Waals surface area contributed by atoms with Crippen LogP contribution in [-0.2, 0) is 4.74 Å². The summed E-state index contributed by atoms with van der Waals surface area (Å²) in [6.45, 7) is 4.42. The monoisotopic (exact) mass is 239 g/mol. The Hall–Kier alpha value is -1.26. The molecule has 0 unspecified atom stereocenters. The van der Waals surface area contributed by atoms with Crippen LogP contribution in [0, 0.1) is 0 Å². The zero-order chi connectivity index (χ0) is 12.8. The molecule has 0 aliphatic rings. The fourth-order valence-electron chi connectivity index (χ4n) is 1.65. The Labute approximate surface area is 103 Å². The average molecular weight is 239 g/mol. The van der Waals surface area contributed by atoms with Gasteiger partial charge in [0.1, 0.15) is 0 Å². The van der Waals surface area contributed by atoms with Crippen LogP contribution in [0.25, 0.3) is 0 Å². The Balaban J connectivity index is 2.96. The highest BCUT2D eigenvalue weighted by Gasteiger charge is 2.14. The molecule has 0 spiro atoms. The third-order valence-electron chi connectivity index (χ3n) is 2.43. The van der Waals surface area contributed by atoms with Crippen LogP contribution < -0.4 is 15.2 Å². The molecule has 0 saturated heterocycles. The van der Waals surface area contributed by atoms with E-state index in [1.165, 1.54) is 0 Å². The fraction of sp³-hybridized carbons (Fsp3) is 0.538. The number of hydrogen-bond donors (Lipinski definition) is 1. The summed E-state index contributed by atoms with van der Waals surface area (Å²) >= 11 is 0. The first-order chi connectivity index (χ1) is 8.12. The van der Waals surface area contributed by atoms with Gasteiger partial charge in [0.15, 0.2) is 11.5 Å². The van der Waals surface area contributed by atoms with Gasteiger partial charge in [-0.15, -0.1) is 0 Å². The molecule has 0 heterocycles. The molecule has 1 aromatic rings. The van der Waals surface area contributed by atoms with E-state index in [0.29, 0.717) is 18.0 Å². The molecule has 0 bridgehead atoms. The van der Waals surface area contributed by atoms with Crippen LogP contribution in [0.2, 0.25) is 0 Å². The molecule has 0 amide bonds. The van der Waals surface area contributed by atoms with Gasteiger partial charge in [0.2, 0.25) is 0 Å². The first-order valence-electron chi connectivity index (χ1n) is 5.69. The normalized spacial score (nSPS) is 12.6. The molecule has 4 nitrogen and oxygen atoms in total. The van der Waals surface area contributed by atoms with Crippen molar-refractivity contribution in [2.45, 2.75) is 26.1 Å². The molecular formula is C13H21NO3.